The molecule has 0 bridgehead atoms. The van der Waals surface area contributed by atoms with Gasteiger partial charge in [0.15, 0.2) is 0 Å². The highest BCUT2D eigenvalue weighted by molar-refractivity contribution is 8.18. The molecule has 9 heteroatoms. The third-order valence-electron chi connectivity index (χ3n) is 5.46. The first-order valence-corrected chi connectivity index (χ1v) is 11.7. The normalized spacial score (nSPS) is 17.7. The van der Waals surface area contributed by atoms with Gasteiger partial charge in [0.25, 0.3) is 11.1 Å². The maximum absolute atomic E-state index is 12.7. The maximum atomic E-state index is 12.7. The molecule has 4 rings (SSSR count). The first-order chi connectivity index (χ1) is 16.0. The van der Waals surface area contributed by atoms with E-state index in [1.54, 1.807) is 48.2 Å². The van der Waals surface area contributed by atoms with Gasteiger partial charge >= 0.3 is 5.97 Å². The number of likely N-dealkylation sites (tertiary alicyclic amines) is 1. The molecule has 1 aromatic heterocycles. The van der Waals surface area contributed by atoms with Gasteiger partial charge in [0, 0.05) is 24.7 Å². The highest BCUT2D eigenvalue weighted by Crippen LogP contribution is 2.33. The van der Waals surface area contributed by atoms with Crippen molar-refractivity contribution < 1.29 is 28.3 Å². The third-order valence-corrected chi connectivity index (χ3v) is 6.36. The molecule has 0 atom stereocenters. The van der Waals surface area contributed by atoms with Gasteiger partial charge in [0.2, 0.25) is 5.91 Å². The molecule has 3 heterocycles. The van der Waals surface area contributed by atoms with Crippen LogP contribution in [0, 0.1) is 0 Å². The monoisotopic (exact) mass is 468 g/mol. The second-order valence-corrected chi connectivity index (χ2v) is 8.70. The van der Waals surface area contributed by atoms with Crippen LogP contribution < -0.4 is 0 Å². The summed E-state index contributed by atoms with van der Waals surface area (Å²) in [5.41, 5.74) is 1.20. The Morgan fingerprint density at radius 2 is 1.79 bits per heavy atom. The van der Waals surface area contributed by atoms with E-state index < -0.39 is 17.1 Å². The van der Waals surface area contributed by atoms with E-state index in [0.717, 1.165) is 41.5 Å². The van der Waals surface area contributed by atoms with Gasteiger partial charge in [-0.25, -0.2) is 4.79 Å². The van der Waals surface area contributed by atoms with Crippen molar-refractivity contribution in [1.29, 1.82) is 0 Å². The third kappa shape index (κ3) is 5.19. The number of benzene rings is 1. The lowest BCUT2D eigenvalue weighted by Gasteiger charge is -2.27. The van der Waals surface area contributed by atoms with Crippen molar-refractivity contribution >= 4 is 40.9 Å². The number of imide groups is 1. The topological polar surface area (TPSA) is 97.1 Å². The number of thioether (sulfide) groups is 1. The van der Waals surface area contributed by atoms with Crippen LogP contribution >= 0.6 is 11.8 Å². The van der Waals surface area contributed by atoms with Gasteiger partial charge in [-0.3, -0.25) is 19.3 Å². The van der Waals surface area contributed by atoms with Crippen LogP contribution in [0.4, 0.5) is 4.79 Å². The Morgan fingerprint density at radius 3 is 2.48 bits per heavy atom. The number of piperidine rings is 1. The van der Waals surface area contributed by atoms with Gasteiger partial charge in [-0.15, -0.1) is 0 Å². The molecule has 0 N–H and O–H groups in total. The molecule has 1 aromatic carbocycles. The molecule has 0 spiro atoms. The van der Waals surface area contributed by atoms with Crippen LogP contribution in [0.15, 0.2) is 45.7 Å². The van der Waals surface area contributed by atoms with E-state index in [2.05, 4.69) is 0 Å². The van der Waals surface area contributed by atoms with E-state index in [-0.39, 0.29) is 17.4 Å². The summed E-state index contributed by atoms with van der Waals surface area (Å²) in [7, 11) is 0. The number of ether oxygens (including phenoxy) is 1. The fraction of sp³-hybridized carbons (Fsp3) is 0.333. The number of rotatable bonds is 6. The minimum Gasteiger partial charge on any atom is -0.462 e. The molecule has 33 heavy (non-hydrogen) atoms. The lowest BCUT2D eigenvalue weighted by molar-refractivity contribution is -0.136. The largest absolute Gasteiger partial charge is 0.462 e. The van der Waals surface area contributed by atoms with E-state index in [1.807, 2.05) is 0 Å². The summed E-state index contributed by atoms with van der Waals surface area (Å²) in [6.45, 7) is 3.15. The lowest BCUT2D eigenvalue weighted by atomic mass is 10.1. The van der Waals surface area contributed by atoms with Gasteiger partial charge in [0.1, 0.15) is 18.1 Å². The SMILES string of the molecule is CCOC(=O)c1ccc(-c2ccc(/C=C3\SC(=O)N(CC(=O)N4CCCCC4)C3=O)o2)cc1. The standard InChI is InChI=1S/C24H24N2O6S/c1-2-31-23(29)17-8-6-16(7-9-17)19-11-10-18(32-19)14-20-22(28)26(24(30)33-20)15-21(27)25-12-4-3-5-13-25/h6-11,14H,2-5,12-13,15H2,1H3/b20-14-. The summed E-state index contributed by atoms with van der Waals surface area (Å²) < 4.78 is 10.8. The molecule has 0 unspecified atom stereocenters. The molecule has 0 aliphatic carbocycles. The highest BCUT2D eigenvalue weighted by atomic mass is 32.2. The molecule has 3 amide bonds. The molecule has 172 valence electrons. The Kier molecular flexibility index (Phi) is 6.98. The number of amides is 3. The predicted molar refractivity (Wildman–Crippen MR) is 123 cm³/mol. The fourth-order valence-corrected chi connectivity index (χ4v) is 4.53. The fourth-order valence-electron chi connectivity index (χ4n) is 3.71. The molecule has 2 aliphatic heterocycles. The number of carbonyl (C=O) groups excluding carboxylic acids is 4. The van der Waals surface area contributed by atoms with Crippen LogP contribution in [-0.4, -0.2) is 59.1 Å². The molecule has 8 nitrogen and oxygen atoms in total. The molecule has 0 radical (unpaired) electrons. The average molecular weight is 469 g/mol. The summed E-state index contributed by atoms with van der Waals surface area (Å²) in [4.78, 5) is 52.3. The van der Waals surface area contributed by atoms with Crippen molar-refractivity contribution in [3.05, 3.63) is 52.6 Å². The molecule has 2 saturated heterocycles. The van der Waals surface area contributed by atoms with Crippen LogP contribution in [-0.2, 0) is 14.3 Å². The van der Waals surface area contributed by atoms with Crippen LogP contribution in [0.2, 0.25) is 0 Å². The first-order valence-electron chi connectivity index (χ1n) is 10.9. The number of hydrogen-bond donors (Lipinski definition) is 0. The number of esters is 1. The first kappa shape index (κ1) is 22.8. The van der Waals surface area contributed by atoms with Crippen LogP contribution in [0.25, 0.3) is 17.4 Å². The Hall–Kier alpha value is -3.33. The Morgan fingerprint density at radius 1 is 1.06 bits per heavy atom. The number of hydrogen-bond acceptors (Lipinski definition) is 7. The second kappa shape index (κ2) is 10.1. The smallest absolute Gasteiger partial charge is 0.338 e. The van der Waals surface area contributed by atoms with Crippen LogP contribution in [0.1, 0.15) is 42.3 Å². The maximum Gasteiger partial charge on any atom is 0.338 e. The molecule has 2 aromatic rings. The van der Waals surface area contributed by atoms with E-state index in [1.165, 1.54) is 6.08 Å². The zero-order chi connectivity index (χ0) is 23.4. The molecular weight excluding hydrogens is 444 g/mol. The Bertz CT molecular complexity index is 1100. The number of carbonyl (C=O) groups is 4. The van der Waals surface area contributed by atoms with E-state index in [0.29, 0.717) is 36.8 Å². The summed E-state index contributed by atoms with van der Waals surface area (Å²) in [6.07, 6.45) is 4.49. The van der Waals surface area contributed by atoms with E-state index in [4.69, 9.17) is 9.15 Å². The van der Waals surface area contributed by atoms with Crippen LogP contribution in [0.5, 0.6) is 0 Å². The molecular formula is C24H24N2O6S. The van der Waals surface area contributed by atoms with Gasteiger partial charge in [-0.05, 0) is 62.2 Å². The summed E-state index contributed by atoms with van der Waals surface area (Å²) in [5, 5.41) is -0.460. The quantitative estimate of drug-likeness (QED) is 0.464. The van der Waals surface area contributed by atoms with Crippen LogP contribution in [0.3, 0.4) is 0 Å². The van der Waals surface area contributed by atoms with E-state index >= 15 is 0 Å². The van der Waals surface area contributed by atoms with Crippen molar-refractivity contribution in [3.63, 3.8) is 0 Å². The minimum absolute atomic E-state index is 0.204. The zero-order valence-electron chi connectivity index (χ0n) is 18.2. The lowest BCUT2D eigenvalue weighted by Crippen LogP contribution is -2.44. The predicted octanol–water partition coefficient (Wildman–Crippen LogP) is 4.17. The Labute approximate surface area is 195 Å². The average Bonchev–Trinajstić information content (AvgIpc) is 3.40. The van der Waals surface area contributed by atoms with Crippen molar-refractivity contribution in [1.82, 2.24) is 9.80 Å². The van der Waals surface area contributed by atoms with Crippen molar-refractivity contribution in [2.75, 3.05) is 26.2 Å². The summed E-state index contributed by atoms with van der Waals surface area (Å²) in [6, 6.07) is 10.2. The van der Waals surface area contributed by atoms with Crippen molar-refractivity contribution in [2.24, 2.45) is 0 Å². The minimum atomic E-state index is -0.493. The molecule has 0 saturated carbocycles. The Balaban J connectivity index is 1.43. The number of furan rings is 1. The summed E-state index contributed by atoms with van der Waals surface area (Å²) >= 11 is 0.797. The van der Waals surface area contributed by atoms with Gasteiger partial charge in [-0.1, -0.05) is 12.1 Å². The van der Waals surface area contributed by atoms with Crippen molar-refractivity contribution in [3.8, 4) is 11.3 Å². The second-order valence-electron chi connectivity index (χ2n) is 7.71. The van der Waals surface area contributed by atoms with Gasteiger partial charge in [-0.2, -0.15) is 0 Å². The zero-order valence-corrected chi connectivity index (χ0v) is 19.1. The van der Waals surface area contributed by atoms with Gasteiger partial charge < -0.3 is 14.1 Å². The molecule has 2 fully saturated rings. The van der Waals surface area contributed by atoms with Crippen molar-refractivity contribution in [2.45, 2.75) is 26.2 Å². The van der Waals surface area contributed by atoms with Gasteiger partial charge in [0.05, 0.1) is 17.1 Å². The summed E-state index contributed by atoms with van der Waals surface area (Å²) in [5.74, 6) is -0.126. The molecule has 2 aliphatic rings. The van der Waals surface area contributed by atoms with E-state index in [9.17, 15) is 19.2 Å². The highest BCUT2D eigenvalue weighted by Gasteiger charge is 2.37. The number of nitrogens with zero attached hydrogens (tertiary/aromatic N) is 2.